The van der Waals surface area contributed by atoms with Crippen LogP contribution in [0.15, 0.2) is 24.3 Å². The van der Waals surface area contributed by atoms with Gasteiger partial charge in [0.1, 0.15) is 0 Å². The summed E-state index contributed by atoms with van der Waals surface area (Å²) in [5, 5.41) is 3.72. The number of benzene rings is 1. The molecule has 114 valence electrons. The van der Waals surface area contributed by atoms with Gasteiger partial charge in [-0.05, 0) is 62.8 Å². The first-order valence-electron chi connectivity index (χ1n) is 8.74. The van der Waals surface area contributed by atoms with Gasteiger partial charge in [0.2, 0.25) is 0 Å². The predicted octanol–water partition coefficient (Wildman–Crippen LogP) is 3.33. The number of nitrogens with zero attached hydrogens (tertiary/aromatic N) is 2. The maximum atomic E-state index is 3.72. The van der Waals surface area contributed by atoms with E-state index in [-0.39, 0.29) is 0 Å². The van der Waals surface area contributed by atoms with Crippen molar-refractivity contribution in [1.82, 2.24) is 4.90 Å². The smallest absolute Gasteiger partial charge is 0.0400 e. The molecule has 1 aromatic rings. The van der Waals surface area contributed by atoms with Crippen LogP contribution < -0.4 is 10.2 Å². The molecule has 2 heterocycles. The fourth-order valence-corrected chi connectivity index (χ4v) is 3.83. The maximum Gasteiger partial charge on any atom is 0.0400 e. The zero-order valence-electron chi connectivity index (χ0n) is 12.9. The van der Waals surface area contributed by atoms with Gasteiger partial charge < -0.3 is 10.2 Å². The highest BCUT2D eigenvalue weighted by Crippen LogP contribution is 2.31. The zero-order valence-corrected chi connectivity index (χ0v) is 12.9. The van der Waals surface area contributed by atoms with Gasteiger partial charge in [0.25, 0.3) is 0 Å². The number of anilines is 2. The van der Waals surface area contributed by atoms with Crippen molar-refractivity contribution in [1.29, 1.82) is 0 Å². The van der Waals surface area contributed by atoms with Crippen molar-refractivity contribution in [3.8, 4) is 0 Å². The molecule has 0 aromatic heterocycles. The molecule has 0 spiro atoms. The monoisotopic (exact) mass is 285 g/mol. The average molecular weight is 285 g/mol. The Morgan fingerprint density at radius 3 is 2.33 bits per heavy atom. The summed E-state index contributed by atoms with van der Waals surface area (Å²) in [5.41, 5.74) is 2.68. The molecule has 21 heavy (non-hydrogen) atoms. The third kappa shape index (κ3) is 3.18. The molecule has 3 fully saturated rings. The Kier molecular flexibility index (Phi) is 3.76. The molecule has 1 aliphatic carbocycles. The maximum absolute atomic E-state index is 3.72. The second kappa shape index (κ2) is 5.88. The minimum Gasteiger partial charge on any atom is -0.381 e. The lowest BCUT2D eigenvalue weighted by Crippen LogP contribution is -2.29. The van der Waals surface area contributed by atoms with Crippen LogP contribution in [0.5, 0.6) is 0 Å². The third-order valence-electron chi connectivity index (χ3n) is 5.24. The first-order valence-corrected chi connectivity index (χ1v) is 8.74. The molecule has 0 amide bonds. The lowest BCUT2D eigenvalue weighted by molar-refractivity contribution is 0.326. The molecule has 4 rings (SSSR count). The summed E-state index contributed by atoms with van der Waals surface area (Å²) in [6, 6.07) is 10.7. The molecule has 3 nitrogen and oxygen atoms in total. The van der Waals surface area contributed by atoms with Gasteiger partial charge in [-0.2, -0.15) is 0 Å². The van der Waals surface area contributed by atoms with Crippen molar-refractivity contribution >= 4 is 11.4 Å². The molecule has 0 radical (unpaired) electrons. The Bertz CT molecular complexity index is 460. The van der Waals surface area contributed by atoms with Gasteiger partial charge in [-0.15, -0.1) is 0 Å². The van der Waals surface area contributed by atoms with E-state index in [1.807, 2.05) is 0 Å². The molecule has 1 aromatic carbocycles. The zero-order chi connectivity index (χ0) is 14.1. The standard InChI is InChI=1S/C18H27N3/c1-2-11-20(12-3-1)17-6-4-15(5-7-17)19-16-10-13-21(14-16)18-8-9-18/h4-7,16,18-19H,1-3,8-14H2. The van der Waals surface area contributed by atoms with Crippen molar-refractivity contribution < 1.29 is 0 Å². The SMILES string of the molecule is c1cc(N2CCCCC2)ccc1NC1CCN(C2CC2)C1. The molecule has 1 atom stereocenters. The summed E-state index contributed by atoms with van der Waals surface area (Å²) < 4.78 is 0. The second-order valence-corrected chi connectivity index (χ2v) is 6.95. The molecule has 3 aliphatic rings. The van der Waals surface area contributed by atoms with Gasteiger partial charge in [-0.1, -0.05) is 0 Å². The molecule has 2 saturated heterocycles. The van der Waals surface area contributed by atoms with Crippen LogP contribution >= 0.6 is 0 Å². The van der Waals surface area contributed by atoms with Gasteiger partial charge in [0.15, 0.2) is 0 Å². The molecule has 0 bridgehead atoms. The van der Waals surface area contributed by atoms with Crippen LogP contribution in [0.25, 0.3) is 0 Å². The Morgan fingerprint density at radius 2 is 1.62 bits per heavy atom. The molecule has 3 heteroatoms. The van der Waals surface area contributed by atoms with Gasteiger partial charge in [-0.25, -0.2) is 0 Å². The van der Waals surface area contributed by atoms with Crippen molar-refractivity contribution in [2.75, 3.05) is 36.4 Å². The predicted molar refractivity (Wildman–Crippen MR) is 89.1 cm³/mol. The number of hydrogen-bond acceptors (Lipinski definition) is 3. The lowest BCUT2D eigenvalue weighted by atomic mass is 10.1. The van der Waals surface area contributed by atoms with E-state index in [1.165, 1.54) is 76.1 Å². The number of rotatable bonds is 4. The fourth-order valence-electron chi connectivity index (χ4n) is 3.83. The number of hydrogen-bond donors (Lipinski definition) is 1. The van der Waals surface area contributed by atoms with E-state index in [2.05, 4.69) is 39.4 Å². The first-order chi connectivity index (χ1) is 10.4. The Morgan fingerprint density at radius 1 is 0.857 bits per heavy atom. The van der Waals surface area contributed by atoms with E-state index in [9.17, 15) is 0 Å². The van der Waals surface area contributed by atoms with E-state index < -0.39 is 0 Å². The molecule has 1 N–H and O–H groups in total. The summed E-state index contributed by atoms with van der Waals surface area (Å²) in [6.07, 6.45) is 8.24. The van der Waals surface area contributed by atoms with Gasteiger partial charge in [-0.3, -0.25) is 4.90 Å². The highest BCUT2D eigenvalue weighted by molar-refractivity contribution is 5.55. The number of likely N-dealkylation sites (tertiary alicyclic amines) is 1. The Labute approximate surface area is 128 Å². The topological polar surface area (TPSA) is 18.5 Å². The fraction of sp³-hybridized carbons (Fsp3) is 0.667. The largest absolute Gasteiger partial charge is 0.381 e. The van der Waals surface area contributed by atoms with Crippen LogP contribution in [0.4, 0.5) is 11.4 Å². The summed E-state index contributed by atoms with van der Waals surface area (Å²) in [7, 11) is 0. The minimum atomic E-state index is 0.645. The van der Waals surface area contributed by atoms with Crippen LogP contribution in [0.3, 0.4) is 0 Å². The lowest BCUT2D eigenvalue weighted by Gasteiger charge is -2.29. The van der Waals surface area contributed by atoms with Gasteiger partial charge in [0, 0.05) is 49.6 Å². The summed E-state index contributed by atoms with van der Waals surface area (Å²) >= 11 is 0. The molecule has 1 unspecified atom stereocenters. The Hall–Kier alpha value is -1.22. The molecular weight excluding hydrogens is 258 g/mol. The van der Waals surface area contributed by atoms with Crippen molar-refractivity contribution in [2.24, 2.45) is 0 Å². The van der Waals surface area contributed by atoms with Gasteiger partial charge >= 0.3 is 0 Å². The third-order valence-corrected chi connectivity index (χ3v) is 5.24. The summed E-state index contributed by atoms with van der Waals surface area (Å²) in [5.74, 6) is 0. The molecule has 1 saturated carbocycles. The van der Waals surface area contributed by atoms with Crippen LogP contribution in [0.2, 0.25) is 0 Å². The summed E-state index contributed by atoms with van der Waals surface area (Å²) in [4.78, 5) is 5.19. The number of nitrogens with one attached hydrogen (secondary N) is 1. The normalized spacial score (nSPS) is 27.0. The molecule has 2 aliphatic heterocycles. The van der Waals surface area contributed by atoms with Crippen molar-refractivity contribution in [2.45, 2.75) is 50.6 Å². The van der Waals surface area contributed by atoms with E-state index in [4.69, 9.17) is 0 Å². The van der Waals surface area contributed by atoms with Crippen LogP contribution in [-0.4, -0.2) is 43.2 Å². The van der Waals surface area contributed by atoms with E-state index >= 15 is 0 Å². The van der Waals surface area contributed by atoms with E-state index in [0.29, 0.717) is 6.04 Å². The summed E-state index contributed by atoms with van der Waals surface area (Å²) in [6.45, 7) is 4.98. The highest BCUT2D eigenvalue weighted by Gasteiger charge is 2.34. The second-order valence-electron chi connectivity index (χ2n) is 6.95. The minimum absolute atomic E-state index is 0.645. The number of piperidine rings is 1. The van der Waals surface area contributed by atoms with Crippen LogP contribution in [0.1, 0.15) is 38.5 Å². The van der Waals surface area contributed by atoms with Crippen molar-refractivity contribution in [3.05, 3.63) is 24.3 Å². The highest BCUT2D eigenvalue weighted by atomic mass is 15.2. The van der Waals surface area contributed by atoms with Crippen LogP contribution in [0, 0.1) is 0 Å². The molecular formula is C18H27N3. The van der Waals surface area contributed by atoms with Crippen molar-refractivity contribution in [3.63, 3.8) is 0 Å². The van der Waals surface area contributed by atoms with Crippen LogP contribution in [-0.2, 0) is 0 Å². The average Bonchev–Trinajstić information content (AvgIpc) is 3.29. The van der Waals surface area contributed by atoms with Gasteiger partial charge in [0.05, 0.1) is 0 Å². The quantitative estimate of drug-likeness (QED) is 0.915. The first kappa shape index (κ1) is 13.4. The van der Waals surface area contributed by atoms with E-state index in [1.54, 1.807) is 0 Å². The van der Waals surface area contributed by atoms with E-state index in [0.717, 1.165) is 6.04 Å². The Balaban J connectivity index is 1.33.